The molecule has 0 aromatic heterocycles. The van der Waals surface area contributed by atoms with Gasteiger partial charge in [-0.2, -0.15) is 0 Å². The van der Waals surface area contributed by atoms with Gasteiger partial charge in [0.05, 0.1) is 6.10 Å². The number of alkyl halides is 1. The Balaban J connectivity index is 2.06. The summed E-state index contributed by atoms with van der Waals surface area (Å²) in [5.41, 5.74) is 2.70. The smallest absolute Gasteiger partial charge is 0.0608 e. The number of halogens is 2. The minimum atomic E-state index is 0.450. The van der Waals surface area contributed by atoms with E-state index in [-0.39, 0.29) is 0 Å². The predicted octanol–water partition coefficient (Wildman–Crippen LogP) is 4.35. The number of nitrogens with zero attached hydrogens (tertiary/aromatic N) is 1. The second-order valence-electron chi connectivity index (χ2n) is 4.55. The van der Waals surface area contributed by atoms with Crippen molar-refractivity contribution < 1.29 is 4.74 Å². The molecule has 0 radical (unpaired) electrons. The molecule has 1 saturated heterocycles. The van der Waals surface area contributed by atoms with Crippen molar-refractivity contribution in [2.75, 3.05) is 24.6 Å². The first-order chi connectivity index (χ1) is 8.74. The summed E-state index contributed by atoms with van der Waals surface area (Å²) in [6, 6.07) is 6.51. The van der Waals surface area contributed by atoms with E-state index in [1.165, 1.54) is 11.3 Å². The molecule has 1 fully saturated rings. The molecule has 0 spiro atoms. The molecule has 1 aliphatic rings. The minimum Gasteiger partial charge on any atom is -0.378 e. The van der Waals surface area contributed by atoms with Crippen LogP contribution in [-0.2, 0) is 10.1 Å². The third-order valence-corrected chi connectivity index (χ3v) is 4.47. The Morgan fingerprint density at radius 3 is 2.67 bits per heavy atom. The molecule has 0 aliphatic carbocycles. The summed E-state index contributed by atoms with van der Waals surface area (Å²) in [6.07, 6.45) is 2.70. The third kappa shape index (κ3) is 3.49. The lowest BCUT2D eigenvalue weighted by atomic mass is 10.1. The van der Waals surface area contributed by atoms with Crippen molar-refractivity contribution in [3.8, 4) is 0 Å². The van der Waals surface area contributed by atoms with Crippen LogP contribution in [0.4, 0.5) is 5.69 Å². The van der Waals surface area contributed by atoms with Crippen LogP contribution in [0.2, 0.25) is 0 Å². The van der Waals surface area contributed by atoms with Crippen molar-refractivity contribution in [3.63, 3.8) is 0 Å². The minimum absolute atomic E-state index is 0.450. The summed E-state index contributed by atoms with van der Waals surface area (Å²) in [7, 11) is 0. The topological polar surface area (TPSA) is 12.5 Å². The fraction of sp³-hybridized carbons (Fsp3) is 0.571. The van der Waals surface area contributed by atoms with Gasteiger partial charge in [-0.25, -0.2) is 0 Å². The lowest BCUT2D eigenvalue weighted by Crippen LogP contribution is -2.37. The van der Waals surface area contributed by atoms with Gasteiger partial charge in [-0.15, -0.1) is 0 Å². The van der Waals surface area contributed by atoms with Gasteiger partial charge in [0.2, 0.25) is 0 Å². The van der Waals surface area contributed by atoms with Gasteiger partial charge in [-0.05, 0) is 37.5 Å². The number of rotatable bonds is 4. The molecule has 2 nitrogen and oxygen atoms in total. The fourth-order valence-corrected chi connectivity index (χ4v) is 3.27. The molecule has 0 atom stereocenters. The van der Waals surface area contributed by atoms with Gasteiger partial charge < -0.3 is 9.64 Å². The first-order valence-electron chi connectivity index (χ1n) is 6.45. The maximum Gasteiger partial charge on any atom is 0.0608 e. The van der Waals surface area contributed by atoms with Crippen LogP contribution in [0.5, 0.6) is 0 Å². The van der Waals surface area contributed by atoms with Crippen LogP contribution in [0.15, 0.2) is 22.7 Å². The molecule has 0 N–H and O–H groups in total. The van der Waals surface area contributed by atoms with E-state index in [1.807, 2.05) is 0 Å². The normalized spacial score (nSPS) is 17.2. The molecule has 0 bridgehead atoms. The Hall–Kier alpha value is -0.0600. The van der Waals surface area contributed by atoms with Crippen LogP contribution in [0.25, 0.3) is 0 Å². The lowest BCUT2D eigenvalue weighted by Gasteiger charge is -2.34. The van der Waals surface area contributed by atoms with E-state index in [1.54, 1.807) is 0 Å². The molecular formula is C14H19Br2NO. The largest absolute Gasteiger partial charge is 0.378 e. The first kappa shape index (κ1) is 14.4. The molecule has 0 saturated carbocycles. The summed E-state index contributed by atoms with van der Waals surface area (Å²) in [5.74, 6) is 0. The molecule has 0 unspecified atom stereocenters. The number of benzene rings is 1. The molecule has 0 amide bonds. The second-order valence-corrected chi connectivity index (χ2v) is 6.02. The van der Waals surface area contributed by atoms with Crippen LogP contribution < -0.4 is 4.90 Å². The maximum absolute atomic E-state index is 5.70. The Labute approximate surface area is 126 Å². The van der Waals surface area contributed by atoms with E-state index < -0.39 is 0 Å². The van der Waals surface area contributed by atoms with Crippen molar-refractivity contribution in [2.45, 2.75) is 31.2 Å². The van der Waals surface area contributed by atoms with E-state index in [2.05, 4.69) is 61.9 Å². The van der Waals surface area contributed by atoms with Crippen LogP contribution in [0, 0.1) is 0 Å². The van der Waals surface area contributed by atoms with E-state index >= 15 is 0 Å². The highest BCUT2D eigenvalue weighted by Crippen LogP contribution is 2.29. The third-order valence-electron chi connectivity index (χ3n) is 3.38. The van der Waals surface area contributed by atoms with Gasteiger partial charge in [0.25, 0.3) is 0 Å². The molecule has 1 aromatic carbocycles. The molecule has 2 rings (SSSR count). The Morgan fingerprint density at radius 1 is 1.33 bits per heavy atom. The first-order valence-corrected chi connectivity index (χ1v) is 8.37. The highest BCUT2D eigenvalue weighted by atomic mass is 79.9. The van der Waals surface area contributed by atoms with Gasteiger partial charge in [0, 0.05) is 35.2 Å². The second kappa shape index (κ2) is 6.92. The zero-order valence-corrected chi connectivity index (χ0v) is 13.8. The van der Waals surface area contributed by atoms with Crippen LogP contribution >= 0.6 is 31.9 Å². The lowest BCUT2D eigenvalue weighted by molar-refractivity contribution is 0.0459. The zero-order valence-electron chi connectivity index (χ0n) is 10.7. The molecule has 1 aliphatic heterocycles. The van der Waals surface area contributed by atoms with Crippen molar-refractivity contribution in [2.24, 2.45) is 0 Å². The van der Waals surface area contributed by atoms with Gasteiger partial charge >= 0.3 is 0 Å². The Kier molecular flexibility index (Phi) is 5.52. The Morgan fingerprint density at radius 2 is 2.06 bits per heavy atom. The van der Waals surface area contributed by atoms with Crippen molar-refractivity contribution in [1.29, 1.82) is 0 Å². The number of piperidine rings is 1. The van der Waals surface area contributed by atoms with Gasteiger partial charge in [0.1, 0.15) is 0 Å². The highest BCUT2D eigenvalue weighted by Gasteiger charge is 2.21. The summed E-state index contributed by atoms with van der Waals surface area (Å²) < 4.78 is 6.85. The number of anilines is 1. The van der Waals surface area contributed by atoms with E-state index in [0.717, 1.165) is 42.3 Å². The Bertz CT molecular complexity index is 389. The summed E-state index contributed by atoms with van der Waals surface area (Å²) >= 11 is 7.13. The summed E-state index contributed by atoms with van der Waals surface area (Å²) in [4.78, 5) is 2.47. The van der Waals surface area contributed by atoms with Crippen molar-refractivity contribution in [1.82, 2.24) is 0 Å². The highest BCUT2D eigenvalue weighted by molar-refractivity contribution is 9.10. The number of ether oxygens (including phenoxy) is 1. The molecule has 1 aromatic rings. The van der Waals surface area contributed by atoms with E-state index in [0.29, 0.717) is 6.10 Å². The van der Waals surface area contributed by atoms with Crippen molar-refractivity contribution in [3.05, 3.63) is 28.2 Å². The monoisotopic (exact) mass is 375 g/mol. The maximum atomic E-state index is 5.70. The average molecular weight is 377 g/mol. The van der Waals surface area contributed by atoms with Gasteiger partial charge in [-0.3, -0.25) is 0 Å². The van der Waals surface area contributed by atoms with E-state index in [4.69, 9.17) is 4.74 Å². The SMILES string of the molecule is CCOC1CCN(c2cc(Br)ccc2CBr)CC1. The fourth-order valence-electron chi connectivity index (χ4n) is 2.44. The predicted molar refractivity (Wildman–Crippen MR) is 83.6 cm³/mol. The van der Waals surface area contributed by atoms with Crippen molar-refractivity contribution >= 4 is 37.5 Å². The van der Waals surface area contributed by atoms with Gasteiger partial charge in [-0.1, -0.05) is 37.9 Å². The van der Waals surface area contributed by atoms with Gasteiger partial charge in [0.15, 0.2) is 0 Å². The summed E-state index contributed by atoms with van der Waals surface area (Å²) in [5, 5.41) is 0.904. The molecule has 100 valence electrons. The van der Waals surface area contributed by atoms with Crippen LogP contribution in [0.3, 0.4) is 0 Å². The molecule has 18 heavy (non-hydrogen) atoms. The standard InChI is InChI=1S/C14H19Br2NO/c1-2-18-13-5-7-17(8-6-13)14-9-12(16)4-3-11(14)10-15/h3-4,9,13H,2,5-8,10H2,1H3. The number of hydrogen-bond donors (Lipinski definition) is 0. The molecule has 1 heterocycles. The van der Waals surface area contributed by atoms with E-state index in [9.17, 15) is 0 Å². The molecule has 4 heteroatoms. The zero-order chi connectivity index (χ0) is 13.0. The quantitative estimate of drug-likeness (QED) is 0.724. The van der Waals surface area contributed by atoms with Crippen LogP contribution in [-0.4, -0.2) is 25.8 Å². The summed E-state index contributed by atoms with van der Waals surface area (Å²) in [6.45, 7) is 5.07. The number of hydrogen-bond acceptors (Lipinski definition) is 2. The molecular weight excluding hydrogens is 358 g/mol. The average Bonchev–Trinajstić information content (AvgIpc) is 2.40. The van der Waals surface area contributed by atoms with Crippen LogP contribution in [0.1, 0.15) is 25.3 Å².